The van der Waals surface area contributed by atoms with E-state index in [0.29, 0.717) is 10.7 Å². The third kappa shape index (κ3) is 5.09. The van der Waals surface area contributed by atoms with E-state index in [1.54, 1.807) is 6.92 Å². The maximum Gasteiger partial charge on any atom is 0.339 e. The second kappa shape index (κ2) is 8.74. The molecular weight excluding hydrogens is 426 g/mol. The predicted molar refractivity (Wildman–Crippen MR) is 114 cm³/mol. The summed E-state index contributed by atoms with van der Waals surface area (Å²) in [6.45, 7) is 3.03. The van der Waals surface area contributed by atoms with Gasteiger partial charge in [-0.1, -0.05) is 36.4 Å². The molecule has 0 saturated heterocycles. The van der Waals surface area contributed by atoms with Crippen molar-refractivity contribution >= 4 is 38.4 Å². The molecule has 0 aliphatic carbocycles. The highest BCUT2D eigenvalue weighted by Crippen LogP contribution is 2.25. The molecule has 156 valence electrons. The van der Waals surface area contributed by atoms with Crippen LogP contribution in [-0.2, 0) is 19.6 Å². The lowest BCUT2D eigenvalue weighted by Crippen LogP contribution is -2.30. The van der Waals surface area contributed by atoms with Crippen LogP contribution in [0.1, 0.15) is 22.8 Å². The first-order chi connectivity index (χ1) is 14.1. The third-order valence-corrected chi connectivity index (χ3v) is 5.88. The quantitative estimate of drug-likeness (QED) is 0.561. The van der Waals surface area contributed by atoms with Crippen molar-refractivity contribution < 1.29 is 22.7 Å². The normalized spacial score (nSPS) is 12.2. The van der Waals surface area contributed by atoms with E-state index in [2.05, 4.69) is 10.3 Å². The van der Waals surface area contributed by atoms with E-state index in [1.807, 2.05) is 35.7 Å². The fourth-order valence-corrected chi connectivity index (χ4v) is 3.82. The summed E-state index contributed by atoms with van der Waals surface area (Å²) in [5, 5.41) is 9.90. The van der Waals surface area contributed by atoms with Crippen LogP contribution in [0, 0.1) is 6.92 Å². The number of esters is 1. The number of nitrogens with zero attached hydrogens (tertiary/aromatic N) is 1. The molecule has 1 unspecified atom stereocenters. The van der Waals surface area contributed by atoms with Gasteiger partial charge >= 0.3 is 5.97 Å². The minimum absolute atomic E-state index is 0.0155. The fraction of sp³-hybridized carbons (Fsp3) is 0.150. The summed E-state index contributed by atoms with van der Waals surface area (Å²) in [5.74, 6) is -1.39. The molecule has 0 radical (unpaired) electrons. The summed E-state index contributed by atoms with van der Waals surface area (Å²) < 4.78 is 28.2. The van der Waals surface area contributed by atoms with Gasteiger partial charge in [0.15, 0.2) is 11.2 Å². The molecule has 2 aromatic carbocycles. The molecule has 1 aromatic heterocycles. The Morgan fingerprint density at radius 3 is 2.53 bits per heavy atom. The number of amides is 1. The summed E-state index contributed by atoms with van der Waals surface area (Å²) >= 11 is 1.25. The number of nitrogens with two attached hydrogens (primary N) is 1. The predicted octanol–water partition coefficient (Wildman–Crippen LogP) is 2.95. The summed E-state index contributed by atoms with van der Waals surface area (Å²) in [7, 11) is -3.98. The SMILES string of the molecule is Cc1ccc(S(N)(=O)=O)cc1C(=O)OC(C)C(=O)Nc1nc(-c2ccccc2)cs1. The van der Waals surface area contributed by atoms with E-state index in [-0.39, 0.29) is 10.5 Å². The molecule has 0 saturated carbocycles. The van der Waals surface area contributed by atoms with E-state index in [4.69, 9.17) is 9.88 Å². The Morgan fingerprint density at radius 1 is 1.17 bits per heavy atom. The summed E-state index contributed by atoms with van der Waals surface area (Å²) in [6.07, 6.45) is -1.13. The molecule has 0 aliphatic heterocycles. The molecule has 0 aliphatic rings. The minimum Gasteiger partial charge on any atom is -0.449 e. The molecule has 10 heteroatoms. The van der Waals surface area contributed by atoms with Crippen LogP contribution in [-0.4, -0.2) is 31.4 Å². The van der Waals surface area contributed by atoms with Crippen molar-refractivity contribution in [3.05, 3.63) is 65.0 Å². The number of benzene rings is 2. The molecule has 30 heavy (non-hydrogen) atoms. The lowest BCUT2D eigenvalue weighted by molar-refractivity contribution is -0.123. The largest absolute Gasteiger partial charge is 0.449 e. The average molecular weight is 446 g/mol. The van der Waals surface area contributed by atoms with Crippen molar-refractivity contribution in [2.75, 3.05) is 5.32 Å². The van der Waals surface area contributed by atoms with Gasteiger partial charge in [-0.2, -0.15) is 0 Å². The molecule has 0 fully saturated rings. The average Bonchev–Trinajstić information content (AvgIpc) is 3.16. The second-order valence-corrected chi connectivity index (χ2v) is 8.88. The fourth-order valence-electron chi connectivity index (χ4n) is 2.56. The van der Waals surface area contributed by atoms with Crippen LogP contribution in [0.5, 0.6) is 0 Å². The zero-order valence-electron chi connectivity index (χ0n) is 16.2. The van der Waals surface area contributed by atoms with Gasteiger partial charge in [0, 0.05) is 10.9 Å². The van der Waals surface area contributed by atoms with E-state index in [9.17, 15) is 18.0 Å². The molecule has 1 amide bonds. The number of aromatic nitrogens is 1. The number of primary sulfonamides is 1. The van der Waals surface area contributed by atoms with Crippen molar-refractivity contribution in [1.29, 1.82) is 0 Å². The number of aryl methyl sites for hydroxylation is 1. The van der Waals surface area contributed by atoms with Crippen LogP contribution in [0.15, 0.2) is 58.8 Å². The van der Waals surface area contributed by atoms with Gasteiger partial charge in [-0.15, -0.1) is 11.3 Å². The van der Waals surface area contributed by atoms with Gasteiger partial charge in [-0.3, -0.25) is 10.1 Å². The Balaban J connectivity index is 1.68. The number of hydrogen-bond acceptors (Lipinski definition) is 7. The van der Waals surface area contributed by atoms with Crippen LogP contribution in [0.3, 0.4) is 0 Å². The van der Waals surface area contributed by atoms with Gasteiger partial charge in [0.25, 0.3) is 5.91 Å². The molecule has 0 spiro atoms. The Labute approximate surface area is 177 Å². The van der Waals surface area contributed by atoms with E-state index in [1.165, 1.54) is 30.4 Å². The van der Waals surface area contributed by atoms with Gasteiger partial charge in [-0.05, 0) is 31.5 Å². The number of thiazole rings is 1. The van der Waals surface area contributed by atoms with Gasteiger partial charge in [0.05, 0.1) is 16.2 Å². The number of rotatable bonds is 6. The van der Waals surface area contributed by atoms with Crippen LogP contribution in [0.25, 0.3) is 11.3 Å². The topological polar surface area (TPSA) is 128 Å². The van der Waals surface area contributed by atoms with Gasteiger partial charge in [-0.25, -0.2) is 23.3 Å². The van der Waals surface area contributed by atoms with Crippen LogP contribution in [0.4, 0.5) is 5.13 Å². The van der Waals surface area contributed by atoms with Crippen molar-refractivity contribution in [2.45, 2.75) is 24.8 Å². The lowest BCUT2D eigenvalue weighted by atomic mass is 10.1. The highest BCUT2D eigenvalue weighted by atomic mass is 32.2. The molecule has 3 aromatic rings. The smallest absolute Gasteiger partial charge is 0.339 e. The van der Waals surface area contributed by atoms with Crippen LogP contribution < -0.4 is 10.5 Å². The Hall–Kier alpha value is -3.08. The van der Waals surface area contributed by atoms with Crippen LogP contribution in [0.2, 0.25) is 0 Å². The van der Waals surface area contributed by atoms with Crippen LogP contribution >= 0.6 is 11.3 Å². The third-order valence-electron chi connectivity index (χ3n) is 4.21. The maximum absolute atomic E-state index is 12.5. The number of hydrogen-bond donors (Lipinski definition) is 2. The molecular formula is C20H19N3O5S2. The second-order valence-electron chi connectivity index (χ2n) is 6.46. The minimum atomic E-state index is -3.98. The highest BCUT2D eigenvalue weighted by Gasteiger charge is 2.22. The first-order valence-electron chi connectivity index (χ1n) is 8.81. The van der Waals surface area contributed by atoms with E-state index < -0.39 is 28.0 Å². The number of nitrogens with one attached hydrogen (secondary N) is 1. The molecule has 1 atom stereocenters. The number of sulfonamides is 1. The zero-order chi connectivity index (χ0) is 21.9. The van der Waals surface area contributed by atoms with Crippen molar-refractivity contribution in [2.24, 2.45) is 5.14 Å². The highest BCUT2D eigenvalue weighted by molar-refractivity contribution is 7.89. The van der Waals surface area contributed by atoms with E-state index >= 15 is 0 Å². The Morgan fingerprint density at radius 2 is 1.87 bits per heavy atom. The van der Waals surface area contributed by atoms with Gasteiger partial charge in [0.1, 0.15) is 0 Å². The monoisotopic (exact) mass is 445 g/mol. The van der Waals surface area contributed by atoms with Crippen molar-refractivity contribution in [3.8, 4) is 11.3 Å². The molecule has 0 bridgehead atoms. The van der Waals surface area contributed by atoms with Gasteiger partial charge < -0.3 is 4.74 Å². The summed E-state index contributed by atoms with van der Waals surface area (Å²) in [5.41, 5.74) is 2.14. The number of ether oxygens (including phenoxy) is 1. The summed E-state index contributed by atoms with van der Waals surface area (Å²) in [6, 6.07) is 13.4. The summed E-state index contributed by atoms with van der Waals surface area (Å²) in [4.78, 5) is 29.0. The van der Waals surface area contributed by atoms with Crippen molar-refractivity contribution in [1.82, 2.24) is 4.98 Å². The van der Waals surface area contributed by atoms with E-state index in [0.717, 1.165) is 17.3 Å². The zero-order valence-corrected chi connectivity index (χ0v) is 17.8. The molecule has 3 rings (SSSR count). The first kappa shape index (κ1) is 21.6. The lowest BCUT2D eigenvalue weighted by Gasteiger charge is -2.14. The van der Waals surface area contributed by atoms with Gasteiger partial charge in [0.2, 0.25) is 10.0 Å². The number of anilines is 1. The molecule has 3 N–H and O–H groups in total. The molecule has 8 nitrogen and oxygen atoms in total. The number of carbonyl (C=O) groups is 2. The molecule has 1 heterocycles. The first-order valence-corrected chi connectivity index (χ1v) is 11.2. The Kier molecular flexibility index (Phi) is 6.30. The van der Waals surface area contributed by atoms with Crippen molar-refractivity contribution in [3.63, 3.8) is 0 Å². The number of carbonyl (C=O) groups excluding carboxylic acids is 2. The standard InChI is InChI=1S/C20H19N3O5S2/c1-12-8-9-15(30(21,26)27)10-16(12)19(25)28-13(2)18(24)23-20-22-17(11-29-20)14-6-4-3-5-7-14/h3-11,13H,1-2H3,(H2,21,26,27)(H,22,23,24). The Bertz CT molecular complexity index is 1190. The maximum atomic E-state index is 12.5.